The lowest BCUT2D eigenvalue weighted by Crippen LogP contribution is -2.48. The standard InChI is InChI=1S/C23H30ClN5O2S/c24-17-5-4-8-20(15-17)28-11-13-29(14-12-28)21(30)10-9-19-16-32-23(26-19)27-22(31)25-18-6-2-1-3-7-18/h4-5,8,15-16,18H,1-3,6-7,9-14H2,(H2,25,26,27,31). The second-order valence-corrected chi connectivity index (χ2v) is 9.72. The van der Waals surface area contributed by atoms with Gasteiger partial charge < -0.3 is 15.1 Å². The number of anilines is 2. The number of aryl methyl sites for hydroxylation is 1. The Balaban J connectivity index is 1.18. The number of nitrogens with zero attached hydrogens (tertiary/aromatic N) is 3. The summed E-state index contributed by atoms with van der Waals surface area (Å²) in [7, 11) is 0. The number of hydrogen-bond acceptors (Lipinski definition) is 5. The van der Waals surface area contributed by atoms with Crippen LogP contribution in [0.4, 0.5) is 15.6 Å². The number of halogens is 1. The van der Waals surface area contributed by atoms with Gasteiger partial charge in [-0.05, 0) is 37.5 Å². The first-order valence-electron chi connectivity index (χ1n) is 11.4. The van der Waals surface area contributed by atoms with Crippen LogP contribution in [0.1, 0.15) is 44.2 Å². The summed E-state index contributed by atoms with van der Waals surface area (Å²) in [5.41, 5.74) is 1.94. The van der Waals surface area contributed by atoms with Crippen LogP contribution >= 0.6 is 22.9 Å². The molecule has 4 rings (SSSR count). The molecular weight excluding hydrogens is 446 g/mol. The number of carbonyl (C=O) groups excluding carboxylic acids is 2. The summed E-state index contributed by atoms with van der Waals surface area (Å²) in [5.74, 6) is 0.147. The van der Waals surface area contributed by atoms with Crippen molar-refractivity contribution in [3.63, 3.8) is 0 Å². The van der Waals surface area contributed by atoms with Gasteiger partial charge in [0.25, 0.3) is 0 Å². The zero-order valence-corrected chi connectivity index (χ0v) is 19.8. The summed E-state index contributed by atoms with van der Waals surface area (Å²) < 4.78 is 0. The van der Waals surface area contributed by atoms with Crippen LogP contribution in [-0.4, -0.2) is 54.0 Å². The fourth-order valence-corrected chi connectivity index (χ4v) is 5.25. The molecule has 1 aliphatic heterocycles. The van der Waals surface area contributed by atoms with Crippen LogP contribution in [-0.2, 0) is 11.2 Å². The van der Waals surface area contributed by atoms with E-state index in [1.807, 2.05) is 34.5 Å². The molecule has 1 aromatic heterocycles. The highest BCUT2D eigenvalue weighted by molar-refractivity contribution is 7.13. The van der Waals surface area contributed by atoms with Gasteiger partial charge in [-0.2, -0.15) is 0 Å². The Bertz CT molecular complexity index is 923. The van der Waals surface area contributed by atoms with Crippen molar-refractivity contribution in [2.75, 3.05) is 36.4 Å². The lowest BCUT2D eigenvalue weighted by molar-refractivity contribution is -0.131. The molecule has 2 heterocycles. The van der Waals surface area contributed by atoms with Crippen LogP contribution in [0.5, 0.6) is 0 Å². The van der Waals surface area contributed by atoms with Crippen LogP contribution < -0.4 is 15.5 Å². The van der Waals surface area contributed by atoms with E-state index in [0.717, 1.165) is 42.3 Å². The largest absolute Gasteiger partial charge is 0.368 e. The van der Waals surface area contributed by atoms with E-state index in [1.54, 1.807) is 0 Å². The molecule has 9 heteroatoms. The van der Waals surface area contributed by atoms with Gasteiger partial charge in [-0.3, -0.25) is 10.1 Å². The molecule has 0 bridgehead atoms. The smallest absolute Gasteiger partial charge is 0.321 e. The van der Waals surface area contributed by atoms with Crippen molar-refractivity contribution >= 4 is 45.7 Å². The Kier molecular flexibility index (Phi) is 7.86. The van der Waals surface area contributed by atoms with Crippen LogP contribution in [0.2, 0.25) is 5.02 Å². The molecule has 2 aliphatic rings. The highest BCUT2D eigenvalue weighted by Gasteiger charge is 2.22. The molecule has 0 radical (unpaired) electrons. The first-order chi connectivity index (χ1) is 15.6. The summed E-state index contributed by atoms with van der Waals surface area (Å²) in [6.45, 7) is 3.01. The van der Waals surface area contributed by atoms with E-state index in [0.29, 0.717) is 31.1 Å². The minimum atomic E-state index is -0.188. The Hall–Kier alpha value is -2.32. The topological polar surface area (TPSA) is 77.6 Å². The molecule has 172 valence electrons. The minimum absolute atomic E-state index is 0.147. The van der Waals surface area contributed by atoms with Gasteiger partial charge in [-0.1, -0.05) is 36.9 Å². The molecule has 2 fully saturated rings. The maximum absolute atomic E-state index is 12.7. The van der Waals surface area contributed by atoms with E-state index in [9.17, 15) is 9.59 Å². The molecule has 0 atom stereocenters. The Morgan fingerprint density at radius 1 is 1.12 bits per heavy atom. The number of nitrogens with one attached hydrogen (secondary N) is 2. The number of aromatic nitrogens is 1. The Morgan fingerprint density at radius 2 is 1.91 bits per heavy atom. The van der Waals surface area contributed by atoms with Gasteiger partial charge in [0.05, 0.1) is 5.69 Å². The molecular formula is C23H30ClN5O2S. The summed E-state index contributed by atoms with van der Waals surface area (Å²) in [4.78, 5) is 33.5. The summed E-state index contributed by atoms with van der Waals surface area (Å²) >= 11 is 7.49. The molecule has 1 saturated heterocycles. The quantitative estimate of drug-likeness (QED) is 0.643. The number of amides is 3. The number of carbonyl (C=O) groups is 2. The molecule has 0 spiro atoms. The van der Waals surface area contributed by atoms with Crippen molar-refractivity contribution in [3.8, 4) is 0 Å². The second-order valence-electron chi connectivity index (χ2n) is 8.43. The fourth-order valence-electron chi connectivity index (χ4n) is 4.32. The average molecular weight is 476 g/mol. The van der Waals surface area contributed by atoms with Gasteiger partial charge in [0, 0.05) is 54.7 Å². The van der Waals surface area contributed by atoms with E-state index in [2.05, 4.69) is 20.5 Å². The highest BCUT2D eigenvalue weighted by atomic mass is 35.5. The normalized spacial score (nSPS) is 17.3. The van der Waals surface area contributed by atoms with Crippen molar-refractivity contribution in [2.45, 2.75) is 51.0 Å². The van der Waals surface area contributed by atoms with Crippen LogP contribution in [0, 0.1) is 0 Å². The maximum Gasteiger partial charge on any atom is 0.321 e. The average Bonchev–Trinajstić information content (AvgIpc) is 3.25. The Labute approximate surface area is 198 Å². The molecule has 2 N–H and O–H groups in total. The van der Waals surface area contributed by atoms with E-state index >= 15 is 0 Å². The zero-order valence-electron chi connectivity index (χ0n) is 18.2. The van der Waals surface area contributed by atoms with Gasteiger partial charge in [0.2, 0.25) is 5.91 Å². The lowest BCUT2D eigenvalue weighted by atomic mass is 9.96. The summed E-state index contributed by atoms with van der Waals surface area (Å²) in [6, 6.07) is 7.90. The third-order valence-electron chi connectivity index (χ3n) is 6.11. The predicted molar refractivity (Wildman–Crippen MR) is 130 cm³/mol. The molecule has 1 aliphatic carbocycles. The van der Waals surface area contributed by atoms with E-state index in [4.69, 9.17) is 11.6 Å². The van der Waals surface area contributed by atoms with E-state index in [-0.39, 0.29) is 18.0 Å². The molecule has 0 unspecified atom stereocenters. The molecule has 32 heavy (non-hydrogen) atoms. The molecule has 3 amide bonds. The van der Waals surface area contributed by atoms with E-state index < -0.39 is 0 Å². The fraction of sp³-hybridized carbons (Fsp3) is 0.522. The number of urea groups is 1. The van der Waals surface area contributed by atoms with Crippen molar-refractivity contribution in [1.82, 2.24) is 15.2 Å². The van der Waals surface area contributed by atoms with Gasteiger partial charge in [0.1, 0.15) is 0 Å². The second kappa shape index (κ2) is 11.0. The van der Waals surface area contributed by atoms with Gasteiger partial charge in [-0.15, -0.1) is 11.3 Å². The SMILES string of the molecule is O=C(Nc1nc(CCC(=O)N2CCN(c3cccc(Cl)c3)CC2)cs1)NC1CCCCC1. The first-order valence-corrected chi connectivity index (χ1v) is 12.6. The lowest BCUT2D eigenvalue weighted by Gasteiger charge is -2.36. The summed E-state index contributed by atoms with van der Waals surface area (Å²) in [6.07, 6.45) is 6.71. The van der Waals surface area contributed by atoms with E-state index in [1.165, 1.54) is 30.6 Å². The highest BCUT2D eigenvalue weighted by Crippen LogP contribution is 2.22. The van der Waals surface area contributed by atoms with Crippen molar-refractivity contribution in [2.24, 2.45) is 0 Å². The van der Waals surface area contributed by atoms with Crippen LogP contribution in [0.25, 0.3) is 0 Å². The number of hydrogen-bond donors (Lipinski definition) is 2. The number of thiazole rings is 1. The minimum Gasteiger partial charge on any atom is -0.368 e. The summed E-state index contributed by atoms with van der Waals surface area (Å²) in [5, 5.41) is 9.09. The van der Waals surface area contributed by atoms with Crippen molar-refractivity contribution in [3.05, 3.63) is 40.4 Å². The van der Waals surface area contributed by atoms with Crippen LogP contribution in [0.3, 0.4) is 0 Å². The number of rotatable bonds is 6. The van der Waals surface area contributed by atoms with Gasteiger partial charge in [0.15, 0.2) is 5.13 Å². The molecule has 1 saturated carbocycles. The first kappa shape index (κ1) is 22.9. The van der Waals surface area contributed by atoms with Crippen molar-refractivity contribution < 1.29 is 9.59 Å². The maximum atomic E-state index is 12.7. The monoisotopic (exact) mass is 475 g/mol. The third kappa shape index (κ3) is 6.36. The van der Waals surface area contributed by atoms with Crippen molar-refractivity contribution in [1.29, 1.82) is 0 Å². The van der Waals surface area contributed by atoms with Gasteiger partial charge in [-0.25, -0.2) is 9.78 Å². The van der Waals surface area contributed by atoms with Crippen LogP contribution in [0.15, 0.2) is 29.6 Å². The molecule has 2 aromatic rings. The molecule has 7 nitrogen and oxygen atoms in total. The predicted octanol–water partition coefficient (Wildman–Crippen LogP) is 4.53. The number of piperazine rings is 1. The van der Waals surface area contributed by atoms with Gasteiger partial charge >= 0.3 is 6.03 Å². The third-order valence-corrected chi connectivity index (χ3v) is 7.15. The zero-order chi connectivity index (χ0) is 22.3. The molecule has 1 aromatic carbocycles. The Morgan fingerprint density at radius 3 is 2.66 bits per heavy atom. The number of benzene rings is 1.